The summed E-state index contributed by atoms with van der Waals surface area (Å²) in [5.74, 6) is -2.84. The molecule has 0 aliphatic carbocycles. The Bertz CT molecular complexity index is 1050. The van der Waals surface area contributed by atoms with Gasteiger partial charge in [0.05, 0.1) is 19.8 Å². The van der Waals surface area contributed by atoms with Gasteiger partial charge in [0.2, 0.25) is 0 Å². The molecule has 0 saturated carbocycles. The Morgan fingerprint density at radius 2 is 1.88 bits per heavy atom. The zero-order valence-electron chi connectivity index (χ0n) is 18.1. The molecule has 3 rings (SSSR count). The standard InChI is InChI=1S/C22H22ClF3N2O5S/c1-3-32-19(29)17-18(27-20(34)28-21(17,30)22(24,25)26)13-6-9-15(16(10-13)31-2)33-11-12-4-7-14(23)8-5-12/h4-10,17-18,30H,3,11H2,1-2H3,(H2,27,28,34)/t17-,18-,21+/m0/s1. The number of thiocarbonyl (C=S) groups is 1. The maximum atomic E-state index is 13.9. The molecule has 0 spiro atoms. The SMILES string of the molecule is CCOC(=O)[C@@H]1[C@H](c2ccc(OCc3ccc(Cl)cc3)c(OC)c2)NC(=S)N[C@]1(O)C(F)(F)F. The summed E-state index contributed by atoms with van der Waals surface area (Å²) < 4.78 is 57.6. The third-order valence-corrected chi connectivity index (χ3v) is 5.67. The second-order valence-corrected chi connectivity index (χ2v) is 8.24. The van der Waals surface area contributed by atoms with E-state index in [1.165, 1.54) is 32.2 Å². The molecule has 0 amide bonds. The Balaban J connectivity index is 1.95. The number of ether oxygens (including phenoxy) is 3. The lowest BCUT2D eigenvalue weighted by molar-refractivity contribution is -0.292. The first-order valence-corrected chi connectivity index (χ1v) is 10.9. The minimum Gasteiger partial charge on any atom is -0.493 e. The summed E-state index contributed by atoms with van der Waals surface area (Å²) in [6.07, 6.45) is -5.24. The molecule has 3 atom stereocenters. The third kappa shape index (κ3) is 5.31. The van der Waals surface area contributed by atoms with Crippen molar-refractivity contribution in [3.63, 3.8) is 0 Å². The molecular formula is C22H22ClF3N2O5S. The molecule has 12 heteroatoms. The molecule has 1 aliphatic rings. The van der Waals surface area contributed by atoms with Gasteiger partial charge in [-0.2, -0.15) is 13.2 Å². The van der Waals surface area contributed by atoms with E-state index in [9.17, 15) is 23.1 Å². The Kier molecular flexibility index (Phi) is 7.79. The van der Waals surface area contributed by atoms with Crippen LogP contribution in [-0.4, -0.2) is 41.8 Å². The molecule has 1 saturated heterocycles. The summed E-state index contributed by atoms with van der Waals surface area (Å²) >= 11 is 10.8. The number of nitrogens with one attached hydrogen (secondary N) is 2. The van der Waals surface area contributed by atoms with E-state index in [0.29, 0.717) is 10.8 Å². The van der Waals surface area contributed by atoms with Gasteiger partial charge in [0.15, 0.2) is 16.6 Å². The van der Waals surface area contributed by atoms with Crippen LogP contribution in [0.1, 0.15) is 24.1 Å². The van der Waals surface area contributed by atoms with Crippen molar-refractivity contribution in [2.75, 3.05) is 13.7 Å². The number of methoxy groups -OCH3 is 1. The molecule has 0 bridgehead atoms. The zero-order chi connectivity index (χ0) is 25.1. The summed E-state index contributed by atoms with van der Waals surface area (Å²) in [4.78, 5) is 12.6. The first-order chi connectivity index (χ1) is 16.0. The molecule has 1 fully saturated rings. The number of carbonyl (C=O) groups excluding carboxylic acids is 1. The van der Waals surface area contributed by atoms with Crippen molar-refractivity contribution in [3.8, 4) is 11.5 Å². The van der Waals surface area contributed by atoms with Crippen LogP contribution in [0.2, 0.25) is 5.02 Å². The van der Waals surface area contributed by atoms with Gasteiger partial charge in [-0.1, -0.05) is 29.8 Å². The van der Waals surface area contributed by atoms with Crippen LogP contribution in [0.5, 0.6) is 11.5 Å². The first kappa shape index (κ1) is 25.9. The summed E-state index contributed by atoms with van der Waals surface area (Å²) in [7, 11) is 1.36. The van der Waals surface area contributed by atoms with Gasteiger partial charge in [0, 0.05) is 5.02 Å². The zero-order valence-corrected chi connectivity index (χ0v) is 19.7. The van der Waals surface area contributed by atoms with Gasteiger partial charge in [-0.25, -0.2) is 0 Å². The van der Waals surface area contributed by atoms with Crippen molar-refractivity contribution in [3.05, 3.63) is 58.6 Å². The highest BCUT2D eigenvalue weighted by atomic mass is 35.5. The van der Waals surface area contributed by atoms with Crippen molar-refractivity contribution in [2.45, 2.75) is 31.5 Å². The minimum atomic E-state index is -5.24. The summed E-state index contributed by atoms with van der Waals surface area (Å²) in [6, 6.07) is 9.97. The van der Waals surface area contributed by atoms with Crippen molar-refractivity contribution in [1.29, 1.82) is 0 Å². The van der Waals surface area contributed by atoms with E-state index < -0.39 is 34.9 Å². The largest absolute Gasteiger partial charge is 0.493 e. The normalized spacial score (nSPS) is 22.4. The van der Waals surface area contributed by atoms with Gasteiger partial charge >= 0.3 is 12.1 Å². The molecule has 0 radical (unpaired) electrons. The fourth-order valence-electron chi connectivity index (χ4n) is 3.55. The Hall–Kier alpha value is -2.76. The van der Waals surface area contributed by atoms with Crippen LogP contribution in [0.4, 0.5) is 13.2 Å². The molecule has 2 aromatic carbocycles. The van der Waals surface area contributed by atoms with Gasteiger partial charge in [-0.3, -0.25) is 4.79 Å². The molecule has 0 unspecified atom stereocenters. The van der Waals surface area contributed by atoms with Crippen LogP contribution in [-0.2, 0) is 16.1 Å². The summed E-state index contributed by atoms with van der Waals surface area (Å²) in [6.45, 7) is 1.45. The number of aliphatic hydroxyl groups is 1. The highest BCUT2D eigenvalue weighted by molar-refractivity contribution is 7.80. The van der Waals surface area contributed by atoms with E-state index in [0.717, 1.165) is 5.56 Å². The smallest absolute Gasteiger partial charge is 0.437 e. The highest BCUT2D eigenvalue weighted by Crippen LogP contribution is 2.44. The molecule has 3 N–H and O–H groups in total. The molecule has 0 aromatic heterocycles. The molecule has 1 aliphatic heterocycles. The van der Waals surface area contributed by atoms with E-state index in [-0.39, 0.29) is 24.5 Å². The second kappa shape index (κ2) is 10.2. The third-order valence-electron chi connectivity index (χ3n) is 5.20. The van der Waals surface area contributed by atoms with Gasteiger partial charge < -0.3 is 30.0 Å². The van der Waals surface area contributed by atoms with Crippen LogP contribution in [0, 0.1) is 5.92 Å². The van der Waals surface area contributed by atoms with E-state index >= 15 is 0 Å². The number of hydrogen-bond acceptors (Lipinski definition) is 6. The maximum Gasteiger partial charge on any atom is 0.437 e. The monoisotopic (exact) mass is 518 g/mol. The summed E-state index contributed by atoms with van der Waals surface area (Å²) in [5, 5.41) is 15.1. The maximum absolute atomic E-state index is 13.9. The van der Waals surface area contributed by atoms with Crippen molar-refractivity contribution in [1.82, 2.24) is 10.6 Å². The fourth-order valence-corrected chi connectivity index (χ4v) is 3.96. The number of hydrogen-bond donors (Lipinski definition) is 3. The lowest BCUT2D eigenvalue weighted by atomic mass is 9.82. The van der Waals surface area contributed by atoms with Crippen molar-refractivity contribution < 1.29 is 37.3 Å². The Labute approximate surface area is 204 Å². The van der Waals surface area contributed by atoms with E-state index in [2.05, 4.69) is 5.32 Å². The molecule has 1 heterocycles. The lowest BCUT2D eigenvalue weighted by Crippen LogP contribution is -2.73. The van der Waals surface area contributed by atoms with Gasteiger partial charge in [0.1, 0.15) is 12.5 Å². The topological polar surface area (TPSA) is 89.1 Å². The van der Waals surface area contributed by atoms with E-state index in [4.69, 9.17) is 38.0 Å². The van der Waals surface area contributed by atoms with Crippen LogP contribution in [0.25, 0.3) is 0 Å². The molecule has 184 valence electrons. The highest BCUT2D eigenvalue weighted by Gasteiger charge is 2.66. The fraction of sp³-hybridized carbons (Fsp3) is 0.364. The summed E-state index contributed by atoms with van der Waals surface area (Å²) in [5.41, 5.74) is -2.62. The predicted molar refractivity (Wildman–Crippen MR) is 122 cm³/mol. The number of rotatable bonds is 7. The van der Waals surface area contributed by atoms with Gasteiger partial charge in [0.25, 0.3) is 5.72 Å². The molecule has 2 aromatic rings. The number of carbonyl (C=O) groups is 1. The number of halogens is 4. The number of benzene rings is 2. The quantitative estimate of drug-likeness (QED) is 0.376. The van der Waals surface area contributed by atoms with Gasteiger partial charge in [-0.15, -0.1) is 0 Å². The van der Waals surface area contributed by atoms with Crippen LogP contribution >= 0.6 is 23.8 Å². The first-order valence-electron chi connectivity index (χ1n) is 10.1. The molecule has 34 heavy (non-hydrogen) atoms. The lowest BCUT2D eigenvalue weighted by Gasteiger charge is -2.45. The van der Waals surface area contributed by atoms with Crippen LogP contribution in [0.3, 0.4) is 0 Å². The van der Waals surface area contributed by atoms with Crippen molar-refractivity contribution >= 4 is 34.9 Å². The van der Waals surface area contributed by atoms with Crippen LogP contribution in [0.15, 0.2) is 42.5 Å². The number of esters is 1. The molecule has 7 nitrogen and oxygen atoms in total. The van der Waals surface area contributed by atoms with Crippen molar-refractivity contribution in [2.24, 2.45) is 5.92 Å². The second-order valence-electron chi connectivity index (χ2n) is 7.40. The van der Waals surface area contributed by atoms with E-state index in [1.807, 2.05) is 0 Å². The Morgan fingerprint density at radius 1 is 1.21 bits per heavy atom. The molecular weight excluding hydrogens is 497 g/mol. The van der Waals surface area contributed by atoms with Crippen LogP contribution < -0.4 is 20.1 Å². The predicted octanol–water partition coefficient (Wildman–Crippen LogP) is 3.88. The van der Waals surface area contributed by atoms with E-state index in [1.54, 1.807) is 29.6 Å². The minimum absolute atomic E-state index is 0.179. The average Bonchev–Trinajstić information content (AvgIpc) is 2.77. The van der Waals surface area contributed by atoms with Gasteiger partial charge in [-0.05, 0) is 54.5 Å². The number of alkyl halides is 3. The average molecular weight is 519 g/mol. The Morgan fingerprint density at radius 3 is 2.47 bits per heavy atom.